The van der Waals surface area contributed by atoms with Gasteiger partial charge >= 0.3 is 0 Å². The van der Waals surface area contributed by atoms with Crippen molar-refractivity contribution < 1.29 is 9.47 Å². The molecule has 0 aliphatic heterocycles. The maximum atomic E-state index is 5.63. The summed E-state index contributed by atoms with van der Waals surface area (Å²) < 4.78 is 11.0. The van der Waals surface area contributed by atoms with Crippen LogP contribution >= 0.6 is 0 Å². The number of benzene rings is 1. The van der Waals surface area contributed by atoms with Crippen molar-refractivity contribution in [2.45, 2.75) is 26.7 Å². The molecule has 0 heterocycles. The Balaban J connectivity index is 2.19. The third-order valence-electron chi connectivity index (χ3n) is 2.37. The van der Waals surface area contributed by atoms with E-state index in [9.17, 15) is 0 Å². The Labute approximate surface area is 104 Å². The van der Waals surface area contributed by atoms with E-state index in [0.29, 0.717) is 13.2 Å². The summed E-state index contributed by atoms with van der Waals surface area (Å²) in [6.07, 6.45) is 2.45. The normalized spacial score (nSPS) is 10.2. The molecule has 17 heavy (non-hydrogen) atoms. The molecular formula is C14H23NO2. The fraction of sp³-hybridized carbons (Fsp3) is 0.571. The van der Waals surface area contributed by atoms with E-state index in [1.54, 1.807) is 0 Å². The topological polar surface area (TPSA) is 30.5 Å². The van der Waals surface area contributed by atoms with Gasteiger partial charge in [-0.1, -0.05) is 19.4 Å². The van der Waals surface area contributed by atoms with Crippen molar-refractivity contribution in [1.29, 1.82) is 0 Å². The molecule has 0 atom stereocenters. The molecule has 1 N–H and O–H groups in total. The minimum absolute atomic E-state index is 0.683. The summed E-state index contributed by atoms with van der Waals surface area (Å²) in [4.78, 5) is 0. The second kappa shape index (κ2) is 8.88. The van der Waals surface area contributed by atoms with Gasteiger partial charge in [-0.15, -0.1) is 0 Å². The molecule has 1 rings (SSSR count). The fourth-order valence-corrected chi connectivity index (χ4v) is 1.49. The highest BCUT2D eigenvalue weighted by molar-refractivity contribution is 5.32. The lowest BCUT2D eigenvalue weighted by Gasteiger charge is -2.09. The summed E-state index contributed by atoms with van der Waals surface area (Å²) in [7, 11) is 0. The zero-order chi connectivity index (χ0) is 12.3. The van der Waals surface area contributed by atoms with Crippen LogP contribution in [0.3, 0.4) is 0 Å². The third kappa shape index (κ3) is 6.17. The average molecular weight is 237 g/mol. The molecule has 0 aliphatic rings. The van der Waals surface area contributed by atoms with E-state index in [4.69, 9.17) is 9.47 Å². The monoisotopic (exact) mass is 237 g/mol. The number of unbranched alkanes of at least 4 members (excludes halogenated alkanes) is 1. The van der Waals surface area contributed by atoms with Crippen molar-refractivity contribution in [3.63, 3.8) is 0 Å². The van der Waals surface area contributed by atoms with Crippen molar-refractivity contribution in [2.75, 3.05) is 26.3 Å². The van der Waals surface area contributed by atoms with Crippen LogP contribution in [0.4, 0.5) is 0 Å². The zero-order valence-electron chi connectivity index (χ0n) is 10.9. The molecule has 0 unspecified atom stereocenters. The Morgan fingerprint density at radius 1 is 1.06 bits per heavy atom. The Morgan fingerprint density at radius 3 is 2.53 bits per heavy atom. The SMILES string of the molecule is CCCCNCCOc1cccc(OCC)c1. The highest BCUT2D eigenvalue weighted by Crippen LogP contribution is 2.18. The lowest BCUT2D eigenvalue weighted by atomic mass is 10.3. The lowest BCUT2D eigenvalue weighted by Crippen LogP contribution is -2.21. The molecule has 0 saturated heterocycles. The van der Waals surface area contributed by atoms with E-state index in [0.717, 1.165) is 24.6 Å². The molecule has 1 aromatic carbocycles. The summed E-state index contributed by atoms with van der Waals surface area (Å²) in [6, 6.07) is 7.77. The minimum atomic E-state index is 0.683. The third-order valence-corrected chi connectivity index (χ3v) is 2.37. The van der Waals surface area contributed by atoms with E-state index in [-0.39, 0.29) is 0 Å². The molecule has 3 nitrogen and oxygen atoms in total. The smallest absolute Gasteiger partial charge is 0.123 e. The van der Waals surface area contributed by atoms with Crippen LogP contribution in [0, 0.1) is 0 Å². The van der Waals surface area contributed by atoms with Gasteiger partial charge in [0.25, 0.3) is 0 Å². The van der Waals surface area contributed by atoms with Gasteiger partial charge in [0.2, 0.25) is 0 Å². The Bertz CT molecular complexity index is 302. The number of hydrogen-bond donors (Lipinski definition) is 1. The van der Waals surface area contributed by atoms with Crippen LogP contribution in [0.1, 0.15) is 26.7 Å². The van der Waals surface area contributed by atoms with Gasteiger partial charge in [0.05, 0.1) is 6.61 Å². The van der Waals surface area contributed by atoms with Gasteiger partial charge in [-0.2, -0.15) is 0 Å². The van der Waals surface area contributed by atoms with Crippen molar-refractivity contribution >= 4 is 0 Å². The first-order valence-electron chi connectivity index (χ1n) is 6.43. The first kappa shape index (κ1) is 13.8. The van der Waals surface area contributed by atoms with E-state index in [1.807, 2.05) is 31.2 Å². The quantitative estimate of drug-likeness (QED) is 0.670. The molecular weight excluding hydrogens is 214 g/mol. The van der Waals surface area contributed by atoms with Gasteiger partial charge in [-0.25, -0.2) is 0 Å². The molecule has 1 aromatic rings. The predicted molar refractivity (Wildman–Crippen MR) is 70.9 cm³/mol. The van der Waals surface area contributed by atoms with Gasteiger partial charge in [0, 0.05) is 12.6 Å². The van der Waals surface area contributed by atoms with Crippen LogP contribution in [0.2, 0.25) is 0 Å². The molecule has 96 valence electrons. The standard InChI is InChI=1S/C14H23NO2/c1-3-5-9-15-10-11-17-14-8-6-7-13(12-14)16-4-2/h6-8,12,15H,3-5,9-11H2,1-2H3. The highest BCUT2D eigenvalue weighted by Gasteiger charge is 1.96. The number of rotatable bonds is 9. The molecule has 0 aliphatic carbocycles. The van der Waals surface area contributed by atoms with Crippen LogP contribution in [0.5, 0.6) is 11.5 Å². The summed E-state index contributed by atoms with van der Waals surface area (Å²) in [5, 5.41) is 3.34. The van der Waals surface area contributed by atoms with E-state index < -0.39 is 0 Å². The summed E-state index contributed by atoms with van der Waals surface area (Å²) in [5.41, 5.74) is 0. The largest absolute Gasteiger partial charge is 0.494 e. The lowest BCUT2D eigenvalue weighted by molar-refractivity contribution is 0.306. The van der Waals surface area contributed by atoms with Crippen LogP contribution in [0.15, 0.2) is 24.3 Å². The van der Waals surface area contributed by atoms with E-state index >= 15 is 0 Å². The Kier molecular flexibility index (Phi) is 7.23. The molecule has 3 heteroatoms. The Morgan fingerprint density at radius 2 is 1.82 bits per heavy atom. The first-order chi connectivity index (χ1) is 8.36. The summed E-state index contributed by atoms with van der Waals surface area (Å²) in [5.74, 6) is 1.73. The van der Waals surface area contributed by atoms with Crippen LogP contribution in [0.25, 0.3) is 0 Å². The van der Waals surface area contributed by atoms with Gasteiger partial charge < -0.3 is 14.8 Å². The summed E-state index contributed by atoms with van der Waals surface area (Å²) in [6.45, 7) is 7.50. The molecule has 0 aromatic heterocycles. The zero-order valence-corrected chi connectivity index (χ0v) is 10.9. The van der Waals surface area contributed by atoms with Crippen molar-refractivity contribution in [3.8, 4) is 11.5 Å². The first-order valence-corrected chi connectivity index (χ1v) is 6.43. The summed E-state index contributed by atoms with van der Waals surface area (Å²) >= 11 is 0. The van der Waals surface area contributed by atoms with Gasteiger partial charge in [-0.05, 0) is 32.0 Å². The molecule has 0 amide bonds. The second-order valence-corrected chi connectivity index (χ2v) is 3.86. The van der Waals surface area contributed by atoms with Crippen LogP contribution in [-0.2, 0) is 0 Å². The fourth-order valence-electron chi connectivity index (χ4n) is 1.49. The van der Waals surface area contributed by atoms with Crippen molar-refractivity contribution in [3.05, 3.63) is 24.3 Å². The molecule has 0 spiro atoms. The molecule has 0 saturated carbocycles. The van der Waals surface area contributed by atoms with Gasteiger partial charge in [0.1, 0.15) is 18.1 Å². The van der Waals surface area contributed by atoms with Crippen LogP contribution in [-0.4, -0.2) is 26.3 Å². The van der Waals surface area contributed by atoms with Gasteiger partial charge in [0.15, 0.2) is 0 Å². The maximum Gasteiger partial charge on any atom is 0.123 e. The van der Waals surface area contributed by atoms with Gasteiger partial charge in [-0.3, -0.25) is 0 Å². The molecule has 0 fully saturated rings. The van der Waals surface area contributed by atoms with E-state index in [1.165, 1.54) is 12.8 Å². The van der Waals surface area contributed by atoms with Crippen molar-refractivity contribution in [1.82, 2.24) is 5.32 Å². The maximum absolute atomic E-state index is 5.63. The molecule has 0 radical (unpaired) electrons. The van der Waals surface area contributed by atoms with Crippen LogP contribution < -0.4 is 14.8 Å². The number of ether oxygens (including phenoxy) is 2. The average Bonchev–Trinajstić information content (AvgIpc) is 2.35. The Hall–Kier alpha value is -1.22. The second-order valence-electron chi connectivity index (χ2n) is 3.86. The van der Waals surface area contributed by atoms with Crippen molar-refractivity contribution in [2.24, 2.45) is 0 Å². The number of nitrogens with one attached hydrogen (secondary N) is 1. The highest BCUT2D eigenvalue weighted by atomic mass is 16.5. The minimum Gasteiger partial charge on any atom is -0.494 e. The number of hydrogen-bond acceptors (Lipinski definition) is 3. The predicted octanol–water partition coefficient (Wildman–Crippen LogP) is 2.85. The van der Waals surface area contributed by atoms with E-state index in [2.05, 4.69) is 12.2 Å². The molecule has 0 bridgehead atoms.